The third-order valence-electron chi connectivity index (χ3n) is 5.28. The van der Waals surface area contributed by atoms with E-state index in [2.05, 4.69) is 32.0 Å². The number of morpholine rings is 1. The molecule has 0 N–H and O–H groups in total. The van der Waals surface area contributed by atoms with Crippen LogP contribution in [0.1, 0.15) is 27.2 Å². The number of rotatable bonds is 3. The molecule has 1 aliphatic heterocycles. The summed E-state index contributed by atoms with van der Waals surface area (Å²) in [6, 6.07) is 16.3. The normalized spacial score (nSPS) is 14.3. The number of hydrogen-bond acceptors (Lipinski definition) is 3. The van der Waals surface area contributed by atoms with Gasteiger partial charge in [0.25, 0.3) is 5.91 Å². The molecule has 5 nitrogen and oxygen atoms in total. The van der Waals surface area contributed by atoms with Crippen LogP contribution in [0, 0.1) is 20.8 Å². The number of hydrogen-bond donors (Lipinski definition) is 0. The predicted octanol–water partition coefficient (Wildman–Crippen LogP) is 3.94. The lowest BCUT2D eigenvalue weighted by Crippen LogP contribution is -2.41. The van der Waals surface area contributed by atoms with Crippen molar-refractivity contribution in [2.75, 3.05) is 26.3 Å². The highest BCUT2D eigenvalue weighted by atomic mass is 16.5. The van der Waals surface area contributed by atoms with Crippen molar-refractivity contribution in [3.8, 4) is 16.9 Å². The molecule has 0 bridgehead atoms. The van der Waals surface area contributed by atoms with Crippen LogP contribution in [0.15, 0.2) is 48.5 Å². The zero-order valence-corrected chi connectivity index (χ0v) is 16.6. The Kier molecular flexibility index (Phi) is 5.01. The first-order valence-electron chi connectivity index (χ1n) is 9.65. The van der Waals surface area contributed by atoms with Crippen LogP contribution >= 0.6 is 0 Å². The quantitative estimate of drug-likeness (QED) is 0.697. The van der Waals surface area contributed by atoms with Crippen LogP contribution in [0.25, 0.3) is 16.9 Å². The fourth-order valence-corrected chi connectivity index (χ4v) is 3.46. The number of amides is 1. The van der Waals surface area contributed by atoms with E-state index in [9.17, 15) is 4.79 Å². The van der Waals surface area contributed by atoms with Crippen molar-refractivity contribution in [3.63, 3.8) is 0 Å². The Labute approximate surface area is 165 Å². The lowest BCUT2D eigenvalue weighted by Gasteiger charge is -2.26. The molecule has 1 aliphatic rings. The van der Waals surface area contributed by atoms with Gasteiger partial charge in [-0.2, -0.15) is 5.10 Å². The number of benzene rings is 2. The Morgan fingerprint density at radius 2 is 1.75 bits per heavy atom. The summed E-state index contributed by atoms with van der Waals surface area (Å²) in [5.41, 5.74) is 6.89. The molecule has 0 aliphatic carbocycles. The van der Waals surface area contributed by atoms with E-state index >= 15 is 0 Å². The first kappa shape index (κ1) is 18.4. The maximum atomic E-state index is 13.3. The second-order valence-corrected chi connectivity index (χ2v) is 7.37. The van der Waals surface area contributed by atoms with E-state index in [0.717, 1.165) is 22.5 Å². The molecule has 144 valence electrons. The Balaban J connectivity index is 1.81. The van der Waals surface area contributed by atoms with Crippen molar-refractivity contribution in [2.24, 2.45) is 0 Å². The van der Waals surface area contributed by atoms with Crippen molar-refractivity contribution in [1.29, 1.82) is 0 Å². The first-order chi connectivity index (χ1) is 13.5. The smallest absolute Gasteiger partial charge is 0.272 e. The molecule has 0 spiro atoms. The molecule has 2 heterocycles. The van der Waals surface area contributed by atoms with E-state index in [4.69, 9.17) is 9.84 Å². The Hall–Kier alpha value is -2.92. The molecule has 5 heteroatoms. The molecule has 2 aromatic carbocycles. The van der Waals surface area contributed by atoms with E-state index < -0.39 is 0 Å². The van der Waals surface area contributed by atoms with Gasteiger partial charge in [0.1, 0.15) is 5.69 Å². The van der Waals surface area contributed by atoms with Gasteiger partial charge in [-0.1, -0.05) is 24.3 Å². The predicted molar refractivity (Wildman–Crippen MR) is 110 cm³/mol. The van der Waals surface area contributed by atoms with Crippen LogP contribution in [-0.2, 0) is 4.74 Å². The summed E-state index contributed by atoms with van der Waals surface area (Å²) in [6.45, 7) is 8.60. The zero-order chi connectivity index (χ0) is 19.7. The fraction of sp³-hybridized carbons (Fsp3) is 0.304. The molecular formula is C23H25N3O2. The van der Waals surface area contributed by atoms with E-state index in [1.54, 1.807) is 4.68 Å². The Morgan fingerprint density at radius 3 is 2.46 bits per heavy atom. The van der Waals surface area contributed by atoms with E-state index in [1.807, 2.05) is 42.2 Å². The minimum Gasteiger partial charge on any atom is -0.378 e. The number of nitrogens with zero attached hydrogens (tertiary/aromatic N) is 3. The van der Waals surface area contributed by atoms with Gasteiger partial charge in [0.2, 0.25) is 0 Å². The number of ether oxygens (including phenoxy) is 1. The van der Waals surface area contributed by atoms with Crippen molar-refractivity contribution < 1.29 is 9.53 Å². The number of aromatic nitrogens is 2. The highest BCUT2D eigenvalue weighted by Crippen LogP contribution is 2.25. The summed E-state index contributed by atoms with van der Waals surface area (Å²) in [5, 5.41) is 4.82. The van der Waals surface area contributed by atoms with Gasteiger partial charge in [0, 0.05) is 18.7 Å². The van der Waals surface area contributed by atoms with Gasteiger partial charge < -0.3 is 9.64 Å². The van der Waals surface area contributed by atoms with Gasteiger partial charge in [0.05, 0.1) is 24.6 Å². The second-order valence-electron chi connectivity index (χ2n) is 7.37. The highest BCUT2D eigenvalue weighted by Gasteiger charge is 2.24. The van der Waals surface area contributed by atoms with Gasteiger partial charge in [-0.25, -0.2) is 4.68 Å². The number of carbonyl (C=O) groups excluding carboxylic acids is 1. The molecule has 1 aromatic heterocycles. The van der Waals surface area contributed by atoms with Crippen LogP contribution < -0.4 is 0 Å². The molecule has 1 amide bonds. The molecule has 3 aromatic rings. The standard InChI is InChI=1S/C23H25N3O2/c1-16-5-4-6-20(13-16)26-22(23(27)25-9-11-28-12-10-25)15-21(24-26)19-8-7-17(2)18(3)14-19/h4-8,13-15H,9-12H2,1-3H3. The molecule has 0 unspecified atom stereocenters. The molecule has 0 saturated carbocycles. The zero-order valence-electron chi connectivity index (χ0n) is 16.6. The molecule has 4 rings (SSSR count). The summed E-state index contributed by atoms with van der Waals surface area (Å²) in [6.07, 6.45) is 0. The highest BCUT2D eigenvalue weighted by molar-refractivity contribution is 5.94. The molecule has 0 radical (unpaired) electrons. The van der Waals surface area contributed by atoms with Crippen LogP contribution in [0.5, 0.6) is 0 Å². The SMILES string of the molecule is Cc1cccc(-n2nc(-c3ccc(C)c(C)c3)cc2C(=O)N2CCOCC2)c1. The van der Waals surface area contributed by atoms with Crippen LogP contribution in [0.2, 0.25) is 0 Å². The number of aryl methyl sites for hydroxylation is 3. The first-order valence-corrected chi connectivity index (χ1v) is 9.65. The van der Waals surface area contributed by atoms with Gasteiger partial charge in [-0.15, -0.1) is 0 Å². The van der Waals surface area contributed by atoms with Gasteiger partial charge in [-0.3, -0.25) is 4.79 Å². The molecular weight excluding hydrogens is 350 g/mol. The molecule has 0 atom stereocenters. The van der Waals surface area contributed by atoms with Crippen molar-refractivity contribution in [3.05, 3.63) is 70.9 Å². The second kappa shape index (κ2) is 7.60. The Morgan fingerprint density at radius 1 is 0.964 bits per heavy atom. The Bertz CT molecular complexity index is 1020. The summed E-state index contributed by atoms with van der Waals surface area (Å²) in [7, 11) is 0. The van der Waals surface area contributed by atoms with Gasteiger partial charge in [-0.05, 0) is 61.7 Å². The minimum atomic E-state index is -0.00705. The third kappa shape index (κ3) is 3.58. The largest absolute Gasteiger partial charge is 0.378 e. The van der Waals surface area contributed by atoms with Crippen molar-refractivity contribution >= 4 is 5.91 Å². The summed E-state index contributed by atoms with van der Waals surface area (Å²) in [4.78, 5) is 15.1. The van der Waals surface area contributed by atoms with Gasteiger partial charge >= 0.3 is 0 Å². The monoisotopic (exact) mass is 375 g/mol. The average Bonchev–Trinajstić information content (AvgIpc) is 3.15. The minimum absolute atomic E-state index is 0.00705. The molecule has 28 heavy (non-hydrogen) atoms. The lowest BCUT2D eigenvalue weighted by atomic mass is 10.0. The van der Waals surface area contributed by atoms with E-state index in [-0.39, 0.29) is 5.91 Å². The summed E-state index contributed by atoms with van der Waals surface area (Å²) >= 11 is 0. The van der Waals surface area contributed by atoms with Crippen LogP contribution in [-0.4, -0.2) is 46.9 Å². The molecule has 1 saturated heterocycles. The summed E-state index contributed by atoms with van der Waals surface area (Å²) < 4.78 is 7.17. The average molecular weight is 375 g/mol. The van der Waals surface area contributed by atoms with Crippen molar-refractivity contribution in [1.82, 2.24) is 14.7 Å². The maximum absolute atomic E-state index is 13.3. The van der Waals surface area contributed by atoms with E-state index in [1.165, 1.54) is 11.1 Å². The maximum Gasteiger partial charge on any atom is 0.272 e. The van der Waals surface area contributed by atoms with E-state index in [0.29, 0.717) is 32.0 Å². The van der Waals surface area contributed by atoms with Gasteiger partial charge in [0.15, 0.2) is 0 Å². The third-order valence-corrected chi connectivity index (χ3v) is 5.28. The molecule has 1 fully saturated rings. The van der Waals surface area contributed by atoms with Crippen LogP contribution in [0.3, 0.4) is 0 Å². The van der Waals surface area contributed by atoms with Crippen LogP contribution in [0.4, 0.5) is 0 Å². The summed E-state index contributed by atoms with van der Waals surface area (Å²) in [5.74, 6) is -0.00705. The lowest BCUT2D eigenvalue weighted by molar-refractivity contribution is 0.0297. The fourth-order valence-electron chi connectivity index (χ4n) is 3.46. The van der Waals surface area contributed by atoms with Crippen molar-refractivity contribution in [2.45, 2.75) is 20.8 Å². The number of carbonyl (C=O) groups is 1. The topological polar surface area (TPSA) is 47.4 Å².